The molecule has 1 heterocycles. The Bertz CT molecular complexity index is 445. The fourth-order valence-electron chi connectivity index (χ4n) is 2.06. The maximum Gasteiger partial charge on any atom is 0.249 e. The lowest BCUT2D eigenvalue weighted by Gasteiger charge is -2.12. The SMILES string of the molecule is Cl.NC[C@H]1CC[C@@H](C(=O)NCCSc2ccc(Cl)cc2)O1. The van der Waals surface area contributed by atoms with Gasteiger partial charge in [0.15, 0.2) is 0 Å². The Labute approximate surface area is 140 Å². The number of amides is 1. The summed E-state index contributed by atoms with van der Waals surface area (Å²) in [5.41, 5.74) is 5.52. The molecule has 1 aromatic carbocycles. The maximum atomic E-state index is 11.9. The van der Waals surface area contributed by atoms with E-state index in [-0.39, 0.29) is 30.5 Å². The van der Waals surface area contributed by atoms with Gasteiger partial charge in [0.1, 0.15) is 6.10 Å². The van der Waals surface area contributed by atoms with Gasteiger partial charge in [-0.2, -0.15) is 0 Å². The van der Waals surface area contributed by atoms with Gasteiger partial charge in [-0.05, 0) is 37.1 Å². The van der Waals surface area contributed by atoms with Crippen LogP contribution in [0.4, 0.5) is 0 Å². The Morgan fingerprint density at radius 2 is 2.10 bits per heavy atom. The zero-order chi connectivity index (χ0) is 14.4. The average Bonchev–Trinajstić information content (AvgIpc) is 2.94. The Balaban J connectivity index is 0.00000220. The number of carbonyl (C=O) groups excluding carboxylic acids is 1. The lowest BCUT2D eigenvalue weighted by molar-refractivity contribution is -0.131. The molecule has 1 aliphatic heterocycles. The van der Waals surface area contributed by atoms with Crippen LogP contribution in [0.25, 0.3) is 0 Å². The molecule has 0 bridgehead atoms. The highest BCUT2D eigenvalue weighted by Gasteiger charge is 2.29. The van der Waals surface area contributed by atoms with Crippen LogP contribution in [0.15, 0.2) is 29.2 Å². The molecule has 1 aliphatic rings. The summed E-state index contributed by atoms with van der Waals surface area (Å²) in [7, 11) is 0. The van der Waals surface area contributed by atoms with E-state index < -0.39 is 0 Å². The first-order valence-corrected chi connectivity index (χ1v) is 8.07. The monoisotopic (exact) mass is 350 g/mol. The minimum atomic E-state index is -0.330. The number of nitrogens with two attached hydrogens (primary N) is 1. The highest BCUT2D eigenvalue weighted by Crippen LogP contribution is 2.20. The van der Waals surface area contributed by atoms with Crippen molar-refractivity contribution in [1.82, 2.24) is 5.32 Å². The van der Waals surface area contributed by atoms with Crippen molar-refractivity contribution in [3.8, 4) is 0 Å². The van der Waals surface area contributed by atoms with Crippen molar-refractivity contribution in [2.45, 2.75) is 29.9 Å². The molecule has 0 saturated carbocycles. The molecular weight excluding hydrogens is 331 g/mol. The van der Waals surface area contributed by atoms with Crippen molar-refractivity contribution in [3.05, 3.63) is 29.3 Å². The van der Waals surface area contributed by atoms with Gasteiger partial charge in [-0.25, -0.2) is 0 Å². The molecule has 1 amide bonds. The third-order valence-corrected chi connectivity index (χ3v) is 4.41. The molecule has 2 rings (SSSR count). The van der Waals surface area contributed by atoms with Gasteiger partial charge in [0.05, 0.1) is 6.10 Å². The summed E-state index contributed by atoms with van der Waals surface area (Å²) in [5.74, 6) is 0.790. The second-order valence-electron chi connectivity index (χ2n) is 4.65. The first-order valence-electron chi connectivity index (χ1n) is 6.70. The normalized spacial score (nSPS) is 20.9. The van der Waals surface area contributed by atoms with Crippen molar-refractivity contribution >= 4 is 41.7 Å². The predicted octanol–water partition coefficient (Wildman–Crippen LogP) is 2.48. The fourth-order valence-corrected chi connectivity index (χ4v) is 2.95. The van der Waals surface area contributed by atoms with Crippen molar-refractivity contribution in [2.24, 2.45) is 5.73 Å². The van der Waals surface area contributed by atoms with Crippen LogP contribution in [-0.2, 0) is 9.53 Å². The number of hydrogen-bond donors (Lipinski definition) is 2. The van der Waals surface area contributed by atoms with Gasteiger partial charge in [0, 0.05) is 28.8 Å². The molecule has 4 nitrogen and oxygen atoms in total. The molecule has 0 spiro atoms. The van der Waals surface area contributed by atoms with Gasteiger partial charge in [-0.1, -0.05) is 11.6 Å². The molecule has 118 valence electrons. The van der Waals surface area contributed by atoms with E-state index >= 15 is 0 Å². The largest absolute Gasteiger partial charge is 0.364 e. The summed E-state index contributed by atoms with van der Waals surface area (Å²) in [6.45, 7) is 1.11. The molecule has 2 atom stereocenters. The summed E-state index contributed by atoms with van der Waals surface area (Å²) in [6, 6.07) is 7.67. The smallest absolute Gasteiger partial charge is 0.249 e. The molecule has 21 heavy (non-hydrogen) atoms. The molecule has 0 radical (unpaired) electrons. The summed E-state index contributed by atoms with van der Waals surface area (Å²) in [5, 5.41) is 3.63. The van der Waals surface area contributed by atoms with Gasteiger partial charge in [0.2, 0.25) is 5.91 Å². The second-order valence-corrected chi connectivity index (χ2v) is 6.26. The van der Waals surface area contributed by atoms with Crippen LogP contribution in [-0.4, -0.2) is 37.0 Å². The molecular formula is C14H20Cl2N2O2S. The summed E-state index contributed by atoms with van der Waals surface area (Å²) in [6.07, 6.45) is 1.34. The standard InChI is InChI=1S/C14H19ClN2O2S.ClH/c15-10-1-4-12(5-2-10)20-8-7-17-14(18)13-6-3-11(9-16)19-13;/h1-2,4-5,11,13H,3,6-9,16H2,(H,17,18);1H/t11-,13+;/m1./s1. The Hall–Kier alpha value is -0.460. The van der Waals surface area contributed by atoms with Gasteiger partial charge >= 0.3 is 0 Å². The zero-order valence-electron chi connectivity index (χ0n) is 11.6. The fraction of sp³-hybridized carbons (Fsp3) is 0.500. The topological polar surface area (TPSA) is 64.4 Å². The van der Waals surface area contributed by atoms with E-state index in [1.807, 2.05) is 24.3 Å². The molecule has 7 heteroatoms. The summed E-state index contributed by atoms with van der Waals surface area (Å²) in [4.78, 5) is 13.0. The summed E-state index contributed by atoms with van der Waals surface area (Å²) >= 11 is 7.51. The maximum absolute atomic E-state index is 11.9. The van der Waals surface area contributed by atoms with Crippen LogP contribution in [0, 0.1) is 0 Å². The number of hydrogen-bond acceptors (Lipinski definition) is 4. The van der Waals surface area contributed by atoms with Gasteiger partial charge in [-0.15, -0.1) is 24.2 Å². The van der Waals surface area contributed by atoms with Gasteiger partial charge < -0.3 is 15.8 Å². The van der Waals surface area contributed by atoms with E-state index in [2.05, 4.69) is 5.32 Å². The second kappa shape index (κ2) is 9.54. The molecule has 1 saturated heterocycles. The van der Waals surface area contributed by atoms with E-state index in [4.69, 9.17) is 22.1 Å². The van der Waals surface area contributed by atoms with Crippen LogP contribution >= 0.6 is 35.8 Å². The van der Waals surface area contributed by atoms with E-state index in [1.165, 1.54) is 0 Å². The number of nitrogens with one attached hydrogen (secondary N) is 1. The number of thioether (sulfide) groups is 1. The highest BCUT2D eigenvalue weighted by atomic mass is 35.5. The van der Waals surface area contributed by atoms with Crippen molar-refractivity contribution in [3.63, 3.8) is 0 Å². The summed E-state index contributed by atoms with van der Waals surface area (Å²) < 4.78 is 5.54. The minimum absolute atomic E-state index is 0. The number of ether oxygens (including phenoxy) is 1. The number of halogens is 2. The number of rotatable bonds is 6. The first-order chi connectivity index (χ1) is 9.69. The number of carbonyl (C=O) groups is 1. The van der Waals surface area contributed by atoms with E-state index in [0.29, 0.717) is 13.1 Å². The lowest BCUT2D eigenvalue weighted by Crippen LogP contribution is -2.36. The molecule has 0 aliphatic carbocycles. The van der Waals surface area contributed by atoms with Crippen molar-refractivity contribution in [2.75, 3.05) is 18.8 Å². The molecule has 1 fully saturated rings. The van der Waals surface area contributed by atoms with Crippen LogP contribution in [0.3, 0.4) is 0 Å². The molecule has 0 aromatic heterocycles. The molecule has 0 unspecified atom stereocenters. The van der Waals surface area contributed by atoms with Gasteiger partial charge in [-0.3, -0.25) is 4.79 Å². The predicted molar refractivity (Wildman–Crippen MR) is 89.4 cm³/mol. The third kappa shape index (κ3) is 6.04. The van der Waals surface area contributed by atoms with Crippen molar-refractivity contribution < 1.29 is 9.53 Å². The lowest BCUT2D eigenvalue weighted by atomic mass is 10.2. The minimum Gasteiger partial charge on any atom is -0.364 e. The average molecular weight is 351 g/mol. The van der Waals surface area contributed by atoms with E-state index in [9.17, 15) is 4.79 Å². The third-order valence-electron chi connectivity index (χ3n) is 3.15. The quantitative estimate of drug-likeness (QED) is 0.611. The highest BCUT2D eigenvalue weighted by molar-refractivity contribution is 7.99. The van der Waals surface area contributed by atoms with Crippen LogP contribution in [0.2, 0.25) is 5.02 Å². The van der Waals surface area contributed by atoms with Crippen LogP contribution < -0.4 is 11.1 Å². The molecule has 3 N–H and O–H groups in total. The molecule has 1 aromatic rings. The van der Waals surface area contributed by atoms with Crippen LogP contribution in [0.1, 0.15) is 12.8 Å². The Kier molecular flexibility index (Phi) is 8.44. The van der Waals surface area contributed by atoms with Gasteiger partial charge in [0.25, 0.3) is 0 Å². The number of benzene rings is 1. The first kappa shape index (κ1) is 18.6. The Morgan fingerprint density at radius 3 is 2.71 bits per heavy atom. The zero-order valence-corrected chi connectivity index (χ0v) is 14.0. The van der Waals surface area contributed by atoms with E-state index in [0.717, 1.165) is 28.5 Å². The van der Waals surface area contributed by atoms with Crippen molar-refractivity contribution in [1.29, 1.82) is 0 Å². The van der Waals surface area contributed by atoms with Crippen LogP contribution in [0.5, 0.6) is 0 Å². The van der Waals surface area contributed by atoms with E-state index in [1.54, 1.807) is 11.8 Å². The Morgan fingerprint density at radius 1 is 1.38 bits per heavy atom.